The van der Waals surface area contributed by atoms with Crippen LogP contribution in [-0.4, -0.2) is 12.2 Å². The summed E-state index contributed by atoms with van der Waals surface area (Å²) in [6, 6.07) is 5.65. The number of nitrogens with zero attached hydrogens (tertiary/aromatic N) is 1. The molecule has 3 rings (SSSR count). The summed E-state index contributed by atoms with van der Waals surface area (Å²) in [4.78, 5) is 15.9. The van der Waals surface area contributed by atoms with Gasteiger partial charge in [0.05, 0.1) is 12.1 Å². The molecule has 1 aromatic rings. The molecule has 100 valence electrons. The Hall–Kier alpha value is -1.49. The Morgan fingerprint density at radius 1 is 1.32 bits per heavy atom. The van der Waals surface area contributed by atoms with Crippen LogP contribution in [0.3, 0.4) is 0 Å². The second-order valence-electron chi connectivity index (χ2n) is 4.91. The molecule has 0 unspecified atom stereocenters. The molecule has 0 spiro atoms. The normalized spacial score (nSPS) is 18.5. The number of carbonyl (C=O) groups is 1. The third kappa shape index (κ3) is 2.92. The van der Waals surface area contributed by atoms with Gasteiger partial charge in [-0.25, -0.2) is 4.83 Å². The Bertz CT molecular complexity index is 510. The number of hydrogen-bond acceptors (Lipinski definition) is 5. The highest BCUT2D eigenvalue weighted by Crippen LogP contribution is 2.29. The number of hydrazone groups is 1. The van der Waals surface area contributed by atoms with Crippen LogP contribution in [0.2, 0.25) is 0 Å². The van der Waals surface area contributed by atoms with Gasteiger partial charge in [-0.3, -0.25) is 4.79 Å². The quantitative estimate of drug-likeness (QED) is 0.512. The van der Waals surface area contributed by atoms with Gasteiger partial charge in [-0.05, 0) is 31.0 Å². The van der Waals surface area contributed by atoms with Gasteiger partial charge in [-0.15, -0.1) is 0 Å². The summed E-state index contributed by atoms with van der Waals surface area (Å²) in [5.41, 5.74) is 1.04. The number of nitrogens with one attached hydrogen (secondary N) is 1. The van der Waals surface area contributed by atoms with Crippen molar-refractivity contribution < 1.29 is 9.53 Å². The maximum atomic E-state index is 12.1. The van der Waals surface area contributed by atoms with Gasteiger partial charge in [0.25, 0.3) is 0 Å². The molecule has 1 heterocycles. The van der Waals surface area contributed by atoms with Crippen LogP contribution in [0.15, 0.2) is 28.2 Å². The number of hydrogen-bond donors (Lipinski definition) is 1. The Kier molecular flexibility index (Phi) is 3.73. The van der Waals surface area contributed by atoms with Crippen LogP contribution < -0.4 is 9.57 Å². The zero-order valence-corrected chi connectivity index (χ0v) is 11.4. The lowest BCUT2D eigenvalue weighted by Gasteiger charge is -2.20. The van der Waals surface area contributed by atoms with Crippen molar-refractivity contribution in [2.45, 2.75) is 37.0 Å². The largest absolute Gasteiger partial charge is 0.426 e. The molecule has 2 aliphatic rings. The highest BCUT2D eigenvalue weighted by molar-refractivity contribution is 7.97. The van der Waals surface area contributed by atoms with Crippen LogP contribution in [0.25, 0.3) is 0 Å². The third-order valence-corrected chi connectivity index (χ3v) is 4.32. The predicted molar refractivity (Wildman–Crippen MR) is 75.2 cm³/mol. The van der Waals surface area contributed by atoms with Gasteiger partial charge >= 0.3 is 5.97 Å². The standard InChI is InChI=1S/C14H16N2O2S/c17-14(10-4-2-1-3-5-10)18-12-7-6-11-9-15-16-19-13(11)8-12/h6-10,16H,1-5H2. The molecule has 1 aromatic carbocycles. The summed E-state index contributed by atoms with van der Waals surface area (Å²) < 4.78 is 5.50. The number of esters is 1. The fourth-order valence-corrected chi connectivity index (χ4v) is 3.10. The van der Waals surface area contributed by atoms with Crippen LogP contribution in [0.5, 0.6) is 5.75 Å². The Labute approximate surface area is 116 Å². The molecule has 1 fully saturated rings. The van der Waals surface area contributed by atoms with Crippen molar-refractivity contribution >= 4 is 24.1 Å². The minimum absolute atomic E-state index is 0.0807. The van der Waals surface area contributed by atoms with Crippen molar-refractivity contribution in [3.8, 4) is 5.75 Å². The molecule has 0 radical (unpaired) electrons. The third-order valence-electron chi connectivity index (χ3n) is 3.55. The first-order valence-electron chi connectivity index (χ1n) is 6.63. The van der Waals surface area contributed by atoms with Gasteiger partial charge < -0.3 is 4.74 Å². The summed E-state index contributed by atoms with van der Waals surface area (Å²) in [5, 5.41) is 3.96. The zero-order valence-electron chi connectivity index (χ0n) is 10.6. The SMILES string of the molecule is O=C(Oc1ccc2c(c1)SNN=C2)C1CCCCC1. The minimum Gasteiger partial charge on any atom is -0.426 e. The molecule has 0 saturated heterocycles. The van der Waals surface area contributed by atoms with Crippen LogP contribution in [0.4, 0.5) is 0 Å². The van der Waals surface area contributed by atoms with Gasteiger partial charge in [-0.1, -0.05) is 19.3 Å². The van der Waals surface area contributed by atoms with E-state index < -0.39 is 0 Å². The number of carbonyl (C=O) groups excluding carboxylic acids is 1. The average molecular weight is 276 g/mol. The number of rotatable bonds is 2. The fraction of sp³-hybridized carbons (Fsp3) is 0.429. The lowest BCUT2D eigenvalue weighted by molar-refractivity contribution is -0.140. The smallest absolute Gasteiger partial charge is 0.314 e. The molecule has 0 amide bonds. The molecule has 0 bridgehead atoms. The molecule has 1 N–H and O–H groups in total. The fourth-order valence-electron chi connectivity index (χ4n) is 2.48. The van der Waals surface area contributed by atoms with Gasteiger partial charge in [0.2, 0.25) is 0 Å². The van der Waals surface area contributed by atoms with Gasteiger partial charge in [0, 0.05) is 22.4 Å². The zero-order chi connectivity index (χ0) is 13.1. The van der Waals surface area contributed by atoms with Gasteiger partial charge in [0.1, 0.15) is 5.75 Å². The topological polar surface area (TPSA) is 50.7 Å². The van der Waals surface area contributed by atoms with Crippen molar-refractivity contribution in [3.63, 3.8) is 0 Å². The molecule has 4 nitrogen and oxygen atoms in total. The van der Waals surface area contributed by atoms with E-state index >= 15 is 0 Å². The monoisotopic (exact) mass is 276 g/mol. The van der Waals surface area contributed by atoms with Crippen LogP contribution in [-0.2, 0) is 4.79 Å². The Morgan fingerprint density at radius 2 is 2.16 bits per heavy atom. The second-order valence-corrected chi connectivity index (χ2v) is 5.73. The van der Waals surface area contributed by atoms with E-state index in [1.807, 2.05) is 18.2 Å². The van der Waals surface area contributed by atoms with Crippen molar-refractivity contribution in [2.24, 2.45) is 11.0 Å². The molecular formula is C14H16N2O2S. The molecule has 0 aromatic heterocycles. The maximum absolute atomic E-state index is 12.1. The highest BCUT2D eigenvalue weighted by atomic mass is 32.2. The average Bonchev–Trinajstić information content (AvgIpc) is 2.48. The predicted octanol–water partition coefficient (Wildman–Crippen LogP) is 3.12. The lowest BCUT2D eigenvalue weighted by atomic mass is 9.89. The summed E-state index contributed by atoms with van der Waals surface area (Å²) in [6.07, 6.45) is 7.21. The lowest BCUT2D eigenvalue weighted by Crippen LogP contribution is -2.22. The van der Waals surface area contributed by atoms with Crippen molar-refractivity contribution in [2.75, 3.05) is 0 Å². The van der Waals surface area contributed by atoms with Gasteiger partial charge in [-0.2, -0.15) is 5.10 Å². The molecule has 1 aliphatic heterocycles. The number of benzene rings is 1. The molecule has 0 atom stereocenters. The minimum atomic E-state index is -0.0814. The Balaban J connectivity index is 1.69. The van der Waals surface area contributed by atoms with Crippen LogP contribution in [0, 0.1) is 5.92 Å². The van der Waals surface area contributed by atoms with E-state index in [0.717, 1.165) is 36.1 Å². The van der Waals surface area contributed by atoms with Crippen LogP contribution >= 0.6 is 11.9 Å². The van der Waals surface area contributed by atoms with E-state index in [9.17, 15) is 4.79 Å². The molecule has 5 heteroatoms. The first kappa shape index (κ1) is 12.5. The second kappa shape index (κ2) is 5.65. The van der Waals surface area contributed by atoms with Crippen molar-refractivity contribution in [1.82, 2.24) is 4.83 Å². The van der Waals surface area contributed by atoms with E-state index in [0.29, 0.717) is 5.75 Å². The summed E-state index contributed by atoms with van der Waals surface area (Å²) in [6.45, 7) is 0. The molecule has 19 heavy (non-hydrogen) atoms. The summed E-state index contributed by atoms with van der Waals surface area (Å²) in [7, 11) is 0. The first-order chi connectivity index (χ1) is 9.33. The van der Waals surface area contributed by atoms with Gasteiger partial charge in [0.15, 0.2) is 0 Å². The van der Waals surface area contributed by atoms with Crippen molar-refractivity contribution in [3.05, 3.63) is 23.8 Å². The van der Waals surface area contributed by atoms with E-state index in [2.05, 4.69) is 9.93 Å². The molecular weight excluding hydrogens is 260 g/mol. The highest BCUT2D eigenvalue weighted by Gasteiger charge is 2.23. The van der Waals surface area contributed by atoms with E-state index in [1.54, 1.807) is 6.21 Å². The van der Waals surface area contributed by atoms with E-state index in [4.69, 9.17) is 4.74 Å². The summed E-state index contributed by atoms with van der Waals surface area (Å²) in [5.74, 6) is 0.623. The van der Waals surface area contributed by atoms with Crippen molar-refractivity contribution in [1.29, 1.82) is 0 Å². The molecule has 1 aliphatic carbocycles. The number of fused-ring (bicyclic) bond motifs is 1. The molecule has 1 saturated carbocycles. The summed E-state index contributed by atoms with van der Waals surface area (Å²) >= 11 is 1.43. The maximum Gasteiger partial charge on any atom is 0.314 e. The number of ether oxygens (including phenoxy) is 1. The first-order valence-corrected chi connectivity index (χ1v) is 7.45. The Morgan fingerprint density at radius 3 is 3.00 bits per heavy atom. The van der Waals surface area contributed by atoms with E-state index in [-0.39, 0.29) is 11.9 Å². The van der Waals surface area contributed by atoms with Crippen LogP contribution in [0.1, 0.15) is 37.7 Å². The van der Waals surface area contributed by atoms with E-state index in [1.165, 1.54) is 18.4 Å².